The van der Waals surface area contributed by atoms with E-state index in [0.717, 1.165) is 13.0 Å². The van der Waals surface area contributed by atoms with Crippen molar-refractivity contribution in [3.63, 3.8) is 0 Å². The maximum absolute atomic E-state index is 11.5. The number of Topliss-reactive ketones (excluding diaryl/α,β-unsaturated/α-hetero) is 1. The first-order valence-corrected chi connectivity index (χ1v) is 4.82. The number of carbonyl (C=O) groups is 1. The number of rotatable bonds is 7. The van der Waals surface area contributed by atoms with E-state index < -0.39 is 0 Å². The second-order valence-corrected chi connectivity index (χ2v) is 3.51. The maximum Gasteiger partial charge on any atom is 0.149 e. The average Bonchev–Trinajstić information content (AvgIpc) is 2.13. The first kappa shape index (κ1) is 12.6. The molecule has 0 fully saturated rings. The monoisotopic (exact) mass is 187 g/mol. The molecule has 0 N–H and O–H groups in total. The summed E-state index contributed by atoms with van der Waals surface area (Å²) in [4.78, 5) is 13.5. The van der Waals surface area contributed by atoms with Crippen molar-refractivity contribution in [3.05, 3.63) is 0 Å². The molecule has 0 radical (unpaired) electrons. The van der Waals surface area contributed by atoms with Gasteiger partial charge in [0.15, 0.2) is 0 Å². The van der Waals surface area contributed by atoms with Gasteiger partial charge in [0.1, 0.15) is 5.78 Å². The van der Waals surface area contributed by atoms with Gasteiger partial charge in [-0.05, 0) is 13.5 Å². The number of likely N-dealkylation sites (N-methyl/N-ethyl adjacent to an activating group) is 1. The summed E-state index contributed by atoms with van der Waals surface area (Å²) in [5.74, 6) is 0.506. The molecule has 78 valence electrons. The van der Waals surface area contributed by atoms with Crippen LogP contribution in [0.15, 0.2) is 0 Å². The molecule has 0 amide bonds. The van der Waals surface area contributed by atoms with Crippen LogP contribution in [-0.4, -0.2) is 44.5 Å². The number of nitrogens with zero attached hydrogens (tertiary/aromatic N) is 1. The van der Waals surface area contributed by atoms with Crippen molar-refractivity contribution in [3.8, 4) is 0 Å². The van der Waals surface area contributed by atoms with Gasteiger partial charge in [0.2, 0.25) is 0 Å². The van der Waals surface area contributed by atoms with Crippen molar-refractivity contribution >= 4 is 5.78 Å². The van der Waals surface area contributed by atoms with E-state index in [1.54, 1.807) is 7.11 Å². The third kappa shape index (κ3) is 5.77. The smallest absolute Gasteiger partial charge is 0.149 e. The van der Waals surface area contributed by atoms with Gasteiger partial charge < -0.3 is 4.74 Å². The van der Waals surface area contributed by atoms with Crippen molar-refractivity contribution < 1.29 is 9.53 Å². The Labute approximate surface area is 81.1 Å². The van der Waals surface area contributed by atoms with Crippen LogP contribution in [-0.2, 0) is 9.53 Å². The Hall–Kier alpha value is -0.410. The summed E-state index contributed by atoms with van der Waals surface area (Å²) in [5, 5.41) is 0. The molecule has 0 bridgehead atoms. The lowest BCUT2D eigenvalue weighted by Crippen LogP contribution is -2.31. The van der Waals surface area contributed by atoms with E-state index in [1.807, 2.05) is 25.8 Å². The fourth-order valence-corrected chi connectivity index (χ4v) is 0.976. The van der Waals surface area contributed by atoms with Crippen molar-refractivity contribution in [2.24, 2.45) is 5.92 Å². The van der Waals surface area contributed by atoms with Crippen molar-refractivity contribution in [2.75, 3.05) is 33.9 Å². The topological polar surface area (TPSA) is 29.5 Å². The molecule has 1 atom stereocenters. The number of hydrogen-bond donors (Lipinski definition) is 0. The van der Waals surface area contributed by atoms with Crippen molar-refractivity contribution in [1.82, 2.24) is 4.90 Å². The standard InChI is InChI=1S/C10H21NO2/c1-5-9(2)10(12)8-11(3)6-7-13-4/h9H,5-8H2,1-4H3. The van der Waals surface area contributed by atoms with Gasteiger partial charge in [-0.25, -0.2) is 0 Å². The van der Waals surface area contributed by atoms with Crippen LogP contribution >= 0.6 is 0 Å². The zero-order valence-corrected chi connectivity index (χ0v) is 9.17. The third-order valence-corrected chi connectivity index (χ3v) is 2.26. The molecule has 3 nitrogen and oxygen atoms in total. The van der Waals surface area contributed by atoms with Crippen LogP contribution in [0.25, 0.3) is 0 Å². The number of ketones is 1. The van der Waals surface area contributed by atoms with Gasteiger partial charge in [-0.15, -0.1) is 0 Å². The van der Waals surface area contributed by atoms with Gasteiger partial charge in [0.05, 0.1) is 13.2 Å². The first-order chi connectivity index (χ1) is 6.11. The van der Waals surface area contributed by atoms with Crippen LogP contribution in [0.2, 0.25) is 0 Å². The lowest BCUT2D eigenvalue weighted by atomic mass is 10.0. The largest absolute Gasteiger partial charge is 0.383 e. The van der Waals surface area contributed by atoms with Crippen LogP contribution in [0.5, 0.6) is 0 Å². The van der Waals surface area contributed by atoms with E-state index in [1.165, 1.54) is 0 Å². The third-order valence-electron chi connectivity index (χ3n) is 2.26. The van der Waals surface area contributed by atoms with Crippen molar-refractivity contribution in [1.29, 1.82) is 0 Å². The normalized spacial score (nSPS) is 13.3. The minimum Gasteiger partial charge on any atom is -0.383 e. The van der Waals surface area contributed by atoms with Crippen molar-refractivity contribution in [2.45, 2.75) is 20.3 Å². The molecular weight excluding hydrogens is 166 g/mol. The van der Waals surface area contributed by atoms with Crippen LogP contribution in [0.1, 0.15) is 20.3 Å². The van der Waals surface area contributed by atoms with Gasteiger partial charge in [-0.3, -0.25) is 9.69 Å². The van der Waals surface area contributed by atoms with Crippen LogP contribution in [0, 0.1) is 5.92 Å². The minimum absolute atomic E-state index is 0.185. The summed E-state index contributed by atoms with van der Waals surface area (Å²) >= 11 is 0. The molecule has 13 heavy (non-hydrogen) atoms. The molecule has 0 aromatic heterocycles. The number of methoxy groups -OCH3 is 1. The molecule has 0 aliphatic carbocycles. The van der Waals surface area contributed by atoms with Gasteiger partial charge in [0.25, 0.3) is 0 Å². The van der Waals surface area contributed by atoms with Crippen LogP contribution in [0.4, 0.5) is 0 Å². The molecule has 0 saturated heterocycles. The highest BCUT2D eigenvalue weighted by atomic mass is 16.5. The lowest BCUT2D eigenvalue weighted by molar-refractivity contribution is -0.123. The molecule has 0 spiro atoms. The second-order valence-electron chi connectivity index (χ2n) is 3.51. The first-order valence-electron chi connectivity index (χ1n) is 4.82. The molecule has 0 aliphatic heterocycles. The highest BCUT2D eigenvalue weighted by Gasteiger charge is 2.12. The fourth-order valence-electron chi connectivity index (χ4n) is 0.976. The van der Waals surface area contributed by atoms with E-state index in [0.29, 0.717) is 18.9 Å². The highest BCUT2D eigenvalue weighted by molar-refractivity contribution is 5.82. The predicted octanol–water partition coefficient (Wildman–Crippen LogP) is 1.18. The predicted molar refractivity (Wildman–Crippen MR) is 53.8 cm³/mol. The van der Waals surface area contributed by atoms with E-state index in [9.17, 15) is 4.79 Å². The molecule has 0 saturated carbocycles. The molecule has 0 aromatic rings. The summed E-state index contributed by atoms with van der Waals surface area (Å²) < 4.78 is 4.93. The molecule has 0 rings (SSSR count). The van der Waals surface area contributed by atoms with Crippen LogP contribution in [0.3, 0.4) is 0 Å². The summed E-state index contributed by atoms with van der Waals surface area (Å²) in [6, 6.07) is 0. The molecule has 0 aromatic carbocycles. The van der Waals surface area contributed by atoms with Gasteiger partial charge >= 0.3 is 0 Å². The fraction of sp³-hybridized carbons (Fsp3) is 0.900. The summed E-state index contributed by atoms with van der Waals surface area (Å²) in [6.45, 7) is 6.06. The lowest BCUT2D eigenvalue weighted by Gasteiger charge is -2.17. The van der Waals surface area contributed by atoms with Gasteiger partial charge in [0, 0.05) is 19.6 Å². The Morgan fingerprint density at radius 3 is 2.62 bits per heavy atom. The molecule has 0 heterocycles. The Bertz CT molecular complexity index is 148. The molecule has 0 aliphatic rings. The van der Waals surface area contributed by atoms with E-state index in [-0.39, 0.29) is 5.92 Å². The number of carbonyl (C=O) groups excluding carboxylic acids is 1. The van der Waals surface area contributed by atoms with E-state index in [4.69, 9.17) is 4.74 Å². The minimum atomic E-state index is 0.185. The Kier molecular flexibility index (Phi) is 6.82. The Balaban J connectivity index is 3.64. The van der Waals surface area contributed by atoms with E-state index in [2.05, 4.69) is 0 Å². The maximum atomic E-state index is 11.5. The zero-order chi connectivity index (χ0) is 10.3. The molecule has 3 heteroatoms. The summed E-state index contributed by atoms with van der Waals surface area (Å²) in [5.41, 5.74) is 0. The Morgan fingerprint density at radius 1 is 1.54 bits per heavy atom. The Morgan fingerprint density at radius 2 is 2.15 bits per heavy atom. The highest BCUT2D eigenvalue weighted by Crippen LogP contribution is 2.02. The quantitative estimate of drug-likeness (QED) is 0.599. The summed E-state index contributed by atoms with van der Waals surface area (Å²) in [6.07, 6.45) is 0.928. The molecular formula is C10H21NO2. The summed E-state index contributed by atoms with van der Waals surface area (Å²) in [7, 11) is 3.61. The average molecular weight is 187 g/mol. The van der Waals surface area contributed by atoms with E-state index >= 15 is 0 Å². The zero-order valence-electron chi connectivity index (χ0n) is 9.17. The van der Waals surface area contributed by atoms with Gasteiger partial charge in [-0.1, -0.05) is 13.8 Å². The molecule has 1 unspecified atom stereocenters. The SMILES string of the molecule is CCC(C)C(=O)CN(C)CCOC. The number of ether oxygens (including phenoxy) is 1. The number of hydrogen-bond acceptors (Lipinski definition) is 3. The van der Waals surface area contributed by atoms with Gasteiger partial charge in [-0.2, -0.15) is 0 Å². The second kappa shape index (κ2) is 7.04. The van der Waals surface area contributed by atoms with Crippen LogP contribution < -0.4 is 0 Å².